The van der Waals surface area contributed by atoms with E-state index in [2.05, 4.69) is 11.9 Å². The van der Waals surface area contributed by atoms with Crippen LogP contribution in [-0.4, -0.2) is 68.7 Å². The molecule has 1 aliphatic heterocycles. The van der Waals surface area contributed by atoms with E-state index in [4.69, 9.17) is 28.2 Å². The molecule has 0 spiro atoms. The Labute approximate surface area is 126 Å². The van der Waals surface area contributed by atoms with E-state index in [1.165, 1.54) is 13.8 Å². The van der Waals surface area contributed by atoms with Crippen LogP contribution < -0.4 is 0 Å². The van der Waals surface area contributed by atoms with Crippen molar-refractivity contribution in [1.82, 2.24) is 8.84 Å². The number of hydrogen-bond acceptors (Lipinski definition) is 3. The number of halogens is 3. The Hall–Kier alpha value is 1.03. The third-order valence-corrected chi connectivity index (χ3v) is 2.39. The van der Waals surface area contributed by atoms with Crippen LogP contribution in [0.5, 0.6) is 0 Å². The van der Waals surface area contributed by atoms with Crippen LogP contribution in [0.1, 0.15) is 13.8 Å². The number of rotatable bonds is 0. The molecule has 0 aromatic carbocycles. The fourth-order valence-electron chi connectivity index (χ4n) is 0.727. The van der Waals surface area contributed by atoms with Gasteiger partial charge in [0.1, 0.15) is 5.54 Å². The summed E-state index contributed by atoms with van der Waals surface area (Å²) in [5, 5.41) is 0. The van der Waals surface area contributed by atoms with Crippen molar-refractivity contribution < 1.29 is 14.2 Å². The number of carbonyl (C=O) groups excluding carboxylic acids is 2. The first-order valence-corrected chi connectivity index (χ1v) is 4.07. The van der Waals surface area contributed by atoms with Gasteiger partial charge < -0.3 is 0 Å². The maximum absolute atomic E-state index is 11.1. The standard InChI is InChI=1S/C5H6Cl2N2O2.Ca.ClHO.2H/c1-5(2)3(10)8(6)4(11)9(5)7;;1-2;;/h1-2H3;;2H;;. The second-order valence-electron chi connectivity index (χ2n) is 2.71. The summed E-state index contributed by atoms with van der Waals surface area (Å²) in [6.07, 6.45) is 0. The predicted octanol–water partition coefficient (Wildman–Crippen LogP) is 0.553. The van der Waals surface area contributed by atoms with Gasteiger partial charge in [-0.3, -0.25) is 9.45 Å². The van der Waals surface area contributed by atoms with Gasteiger partial charge in [0.05, 0.1) is 11.9 Å². The number of imide groups is 1. The average molecular weight is 292 g/mol. The van der Waals surface area contributed by atoms with Crippen LogP contribution in [0.2, 0.25) is 0 Å². The van der Waals surface area contributed by atoms with E-state index in [1.54, 1.807) is 0 Å². The molecule has 1 aliphatic rings. The Morgan fingerprint density at radius 3 is 1.64 bits per heavy atom. The van der Waals surface area contributed by atoms with Crippen molar-refractivity contribution in [1.29, 1.82) is 0 Å². The van der Waals surface area contributed by atoms with Gasteiger partial charge in [0, 0.05) is 23.6 Å². The van der Waals surface area contributed by atoms with Gasteiger partial charge in [-0.05, 0) is 13.8 Å². The quantitative estimate of drug-likeness (QED) is 0.403. The monoisotopic (exact) mass is 290 g/mol. The molecule has 0 saturated carbocycles. The van der Waals surface area contributed by atoms with Crippen LogP contribution in [-0.2, 0) is 4.79 Å². The summed E-state index contributed by atoms with van der Waals surface area (Å²) in [7, 11) is 0. The van der Waals surface area contributed by atoms with E-state index in [-0.39, 0.29) is 37.7 Å². The van der Waals surface area contributed by atoms with Gasteiger partial charge in [-0.25, -0.2) is 9.21 Å². The number of urea groups is 1. The molecule has 14 heavy (non-hydrogen) atoms. The van der Waals surface area contributed by atoms with E-state index < -0.39 is 17.5 Å². The first-order valence-electron chi connectivity index (χ1n) is 3.06. The van der Waals surface area contributed by atoms with Gasteiger partial charge in [-0.1, -0.05) is 0 Å². The molecule has 1 fully saturated rings. The molecular weight excluding hydrogens is 283 g/mol. The maximum atomic E-state index is 11.1. The van der Waals surface area contributed by atoms with E-state index in [9.17, 15) is 9.59 Å². The minimum atomic E-state index is -1.04. The van der Waals surface area contributed by atoms with E-state index in [1.807, 2.05) is 0 Å². The summed E-state index contributed by atoms with van der Waals surface area (Å²) in [5.74, 6) is -0.515. The van der Waals surface area contributed by atoms with E-state index in [0.717, 1.165) is 4.42 Å². The van der Waals surface area contributed by atoms with Crippen molar-refractivity contribution in [3.63, 3.8) is 0 Å². The zero-order chi connectivity index (χ0) is 10.8. The molecule has 9 heteroatoms. The average Bonchev–Trinajstić information content (AvgIpc) is 2.25. The Kier molecular flexibility index (Phi) is 8.19. The number of carbonyl (C=O) groups is 2. The summed E-state index contributed by atoms with van der Waals surface area (Å²) in [6, 6.07) is -0.705. The van der Waals surface area contributed by atoms with Crippen LogP contribution in [0.25, 0.3) is 0 Å². The Morgan fingerprint density at radius 2 is 1.57 bits per heavy atom. The predicted molar refractivity (Wildman–Crippen MR) is 56.5 cm³/mol. The molecule has 1 N–H and O–H groups in total. The molecule has 0 bridgehead atoms. The molecule has 0 aliphatic carbocycles. The van der Waals surface area contributed by atoms with Gasteiger partial charge in [-0.2, -0.15) is 4.42 Å². The molecular formula is C5H9CaCl3N2O3. The number of amides is 3. The van der Waals surface area contributed by atoms with Gasteiger partial charge in [0.25, 0.3) is 5.91 Å². The fourth-order valence-corrected chi connectivity index (χ4v) is 1.20. The van der Waals surface area contributed by atoms with E-state index in [0.29, 0.717) is 4.42 Å². The summed E-state index contributed by atoms with van der Waals surface area (Å²) in [6.45, 7) is 3.03. The number of hydrogen-bond donors (Lipinski definition) is 1. The van der Waals surface area contributed by atoms with E-state index >= 15 is 0 Å². The zero-order valence-electron chi connectivity index (χ0n) is 6.79. The van der Waals surface area contributed by atoms with Crippen LogP contribution in [0.4, 0.5) is 4.79 Å². The molecule has 0 atom stereocenters. The summed E-state index contributed by atoms with van der Waals surface area (Å²) < 4.78 is 7.73. The summed E-state index contributed by atoms with van der Waals surface area (Å²) >= 11 is 14.4. The molecule has 1 heterocycles. The van der Waals surface area contributed by atoms with Crippen molar-refractivity contribution >= 4 is 85.1 Å². The van der Waals surface area contributed by atoms with Crippen molar-refractivity contribution in [2.75, 3.05) is 0 Å². The third kappa shape index (κ3) is 3.01. The Bertz CT molecular complexity index is 238. The summed E-state index contributed by atoms with van der Waals surface area (Å²) in [5.41, 5.74) is -1.04. The molecule has 0 aromatic heterocycles. The fraction of sp³-hybridized carbons (Fsp3) is 0.600. The molecule has 1 saturated heterocycles. The second-order valence-corrected chi connectivity index (χ2v) is 3.38. The molecule has 5 nitrogen and oxygen atoms in total. The zero-order valence-corrected chi connectivity index (χ0v) is 9.06. The third-order valence-electron chi connectivity index (χ3n) is 1.53. The van der Waals surface area contributed by atoms with Gasteiger partial charge in [0.15, 0.2) is 0 Å². The molecule has 0 aromatic rings. The molecule has 0 radical (unpaired) electrons. The van der Waals surface area contributed by atoms with Gasteiger partial charge in [0.2, 0.25) is 0 Å². The van der Waals surface area contributed by atoms with Gasteiger partial charge in [-0.15, -0.1) is 0 Å². The Morgan fingerprint density at radius 1 is 1.21 bits per heavy atom. The first kappa shape index (κ1) is 17.4. The van der Waals surface area contributed by atoms with Crippen LogP contribution in [0.15, 0.2) is 0 Å². The van der Waals surface area contributed by atoms with Crippen LogP contribution in [0, 0.1) is 0 Å². The molecule has 3 amide bonds. The van der Waals surface area contributed by atoms with Crippen LogP contribution >= 0.6 is 35.4 Å². The Balaban J connectivity index is 0. The normalized spacial score (nSPS) is 18.7. The topological polar surface area (TPSA) is 60.9 Å². The molecule has 1 rings (SSSR count). The SMILES string of the molecule is CC1(C)C(=O)N(Cl)C(=O)N1Cl.OCl.[CaH2]. The summed E-state index contributed by atoms with van der Waals surface area (Å²) in [4.78, 5) is 22.0. The van der Waals surface area contributed by atoms with Crippen molar-refractivity contribution in [3.8, 4) is 0 Å². The second kappa shape index (κ2) is 6.58. The van der Waals surface area contributed by atoms with Crippen molar-refractivity contribution in [3.05, 3.63) is 0 Å². The van der Waals surface area contributed by atoms with Crippen LogP contribution in [0.3, 0.4) is 0 Å². The van der Waals surface area contributed by atoms with Gasteiger partial charge >= 0.3 is 43.8 Å². The van der Waals surface area contributed by atoms with Crippen molar-refractivity contribution in [2.24, 2.45) is 0 Å². The first-order chi connectivity index (χ1) is 5.89. The van der Waals surface area contributed by atoms with Crippen molar-refractivity contribution in [2.45, 2.75) is 19.4 Å². The molecule has 80 valence electrons. The minimum absolute atomic E-state index is 0. The number of nitrogens with zero attached hydrogens (tertiary/aromatic N) is 2. The molecule has 0 unspecified atom stereocenters.